The highest BCUT2D eigenvalue weighted by atomic mass is 19.1. The third-order valence-electron chi connectivity index (χ3n) is 3.52. The minimum Gasteiger partial charge on any atom is -0.497 e. The first-order chi connectivity index (χ1) is 9.12. The lowest BCUT2D eigenvalue weighted by Gasteiger charge is -2.20. The SMILES string of the molecule is CCC(CC)C(O)CNCc1ccc(OC)cc1F. The first kappa shape index (κ1) is 15.9. The number of hydrogen-bond acceptors (Lipinski definition) is 3. The maximum Gasteiger partial charge on any atom is 0.131 e. The number of methoxy groups -OCH3 is 1. The zero-order valence-electron chi connectivity index (χ0n) is 11.9. The first-order valence-electron chi connectivity index (χ1n) is 6.83. The monoisotopic (exact) mass is 269 g/mol. The number of aliphatic hydroxyl groups is 1. The van der Waals surface area contributed by atoms with Crippen molar-refractivity contribution in [2.24, 2.45) is 5.92 Å². The van der Waals surface area contributed by atoms with Gasteiger partial charge < -0.3 is 15.2 Å². The molecule has 0 aliphatic rings. The highest BCUT2D eigenvalue weighted by Gasteiger charge is 2.15. The van der Waals surface area contributed by atoms with Crippen LogP contribution in [0, 0.1) is 11.7 Å². The van der Waals surface area contributed by atoms with Crippen LogP contribution in [0.1, 0.15) is 32.3 Å². The normalized spacial score (nSPS) is 12.7. The van der Waals surface area contributed by atoms with Crippen molar-refractivity contribution in [2.75, 3.05) is 13.7 Å². The zero-order valence-corrected chi connectivity index (χ0v) is 11.9. The number of halogens is 1. The Bertz CT molecular complexity index is 380. The lowest BCUT2D eigenvalue weighted by molar-refractivity contribution is 0.101. The Morgan fingerprint density at radius 3 is 2.53 bits per heavy atom. The maximum atomic E-state index is 13.7. The highest BCUT2D eigenvalue weighted by Crippen LogP contribution is 2.16. The van der Waals surface area contributed by atoms with Gasteiger partial charge in [0.05, 0.1) is 13.2 Å². The van der Waals surface area contributed by atoms with Crippen LogP contribution in [0.2, 0.25) is 0 Å². The quantitative estimate of drug-likeness (QED) is 0.762. The Labute approximate surface area is 114 Å². The second-order valence-corrected chi connectivity index (χ2v) is 4.73. The van der Waals surface area contributed by atoms with Crippen molar-refractivity contribution in [3.05, 3.63) is 29.6 Å². The molecule has 19 heavy (non-hydrogen) atoms. The van der Waals surface area contributed by atoms with Gasteiger partial charge in [-0.25, -0.2) is 4.39 Å². The van der Waals surface area contributed by atoms with Crippen LogP contribution in [0.3, 0.4) is 0 Å². The van der Waals surface area contributed by atoms with Crippen molar-refractivity contribution in [3.8, 4) is 5.75 Å². The highest BCUT2D eigenvalue weighted by molar-refractivity contribution is 5.28. The summed E-state index contributed by atoms with van der Waals surface area (Å²) in [6, 6.07) is 4.80. The van der Waals surface area contributed by atoms with E-state index in [2.05, 4.69) is 19.2 Å². The predicted molar refractivity (Wildman–Crippen MR) is 74.7 cm³/mol. The lowest BCUT2D eigenvalue weighted by atomic mass is 9.96. The Morgan fingerprint density at radius 2 is 2.00 bits per heavy atom. The molecule has 0 spiro atoms. The Morgan fingerprint density at radius 1 is 1.32 bits per heavy atom. The van der Waals surface area contributed by atoms with Crippen LogP contribution in [-0.4, -0.2) is 24.9 Å². The van der Waals surface area contributed by atoms with E-state index < -0.39 is 0 Å². The molecular weight excluding hydrogens is 245 g/mol. The predicted octanol–water partition coefficient (Wildman–Crippen LogP) is 2.72. The zero-order chi connectivity index (χ0) is 14.3. The number of benzene rings is 1. The van der Waals surface area contributed by atoms with E-state index in [1.165, 1.54) is 13.2 Å². The summed E-state index contributed by atoms with van der Waals surface area (Å²) in [7, 11) is 1.51. The largest absolute Gasteiger partial charge is 0.497 e. The molecule has 0 saturated carbocycles. The Hall–Kier alpha value is -1.13. The molecule has 0 aliphatic carbocycles. The van der Waals surface area contributed by atoms with Crippen molar-refractivity contribution in [1.82, 2.24) is 5.32 Å². The van der Waals surface area contributed by atoms with Crippen LogP contribution in [0.15, 0.2) is 18.2 Å². The molecule has 4 heteroatoms. The Balaban J connectivity index is 2.45. The molecule has 0 heterocycles. The minimum absolute atomic E-state index is 0.288. The molecule has 0 amide bonds. The van der Waals surface area contributed by atoms with Gasteiger partial charge >= 0.3 is 0 Å². The van der Waals surface area contributed by atoms with E-state index in [0.717, 1.165) is 12.8 Å². The summed E-state index contributed by atoms with van der Waals surface area (Å²) in [4.78, 5) is 0. The van der Waals surface area contributed by atoms with Gasteiger partial charge in [-0.05, 0) is 12.0 Å². The van der Waals surface area contributed by atoms with Gasteiger partial charge in [-0.1, -0.05) is 32.8 Å². The van der Waals surface area contributed by atoms with Crippen molar-refractivity contribution < 1.29 is 14.2 Å². The van der Waals surface area contributed by atoms with E-state index in [-0.39, 0.29) is 11.9 Å². The minimum atomic E-state index is -0.378. The molecule has 1 aromatic rings. The fourth-order valence-corrected chi connectivity index (χ4v) is 2.15. The van der Waals surface area contributed by atoms with E-state index in [0.29, 0.717) is 30.3 Å². The summed E-state index contributed by atoms with van der Waals surface area (Å²) in [5.74, 6) is 0.524. The van der Waals surface area contributed by atoms with Gasteiger partial charge in [0, 0.05) is 24.7 Å². The molecule has 0 aliphatic heterocycles. The molecule has 3 nitrogen and oxygen atoms in total. The number of hydrogen-bond donors (Lipinski definition) is 2. The molecule has 108 valence electrons. The molecule has 1 unspecified atom stereocenters. The number of ether oxygens (including phenoxy) is 1. The molecule has 0 radical (unpaired) electrons. The van der Waals surface area contributed by atoms with E-state index in [9.17, 15) is 9.50 Å². The molecular formula is C15H24FNO2. The third-order valence-corrected chi connectivity index (χ3v) is 3.52. The molecule has 1 rings (SSSR count). The van der Waals surface area contributed by atoms with E-state index >= 15 is 0 Å². The van der Waals surface area contributed by atoms with Gasteiger partial charge in [-0.15, -0.1) is 0 Å². The number of rotatable bonds is 8. The molecule has 1 aromatic carbocycles. The maximum absolute atomic E-state index is 13.7. The molecule has 0 bridgehead atoms. The molecule has 0 fully saturated rings. The molecule has 0 saturated heterocycles. The van der Waals surface area contributed by atoms with E-state index in [1.807, 2.05) is 0 Å². The van der Waals surface area contributed by atoms with Crippen LogP contribution in [0.25, 0.3) is 0 Å². The molecule has 2 N–H and O–H groups in total. The Kier molecular flexibility index (Phi) is 6.81. The van der Waals surface area contributed by atoms with Gasteiger partial charge in [0.2, 0.25) is 0 Å². The standard InChI is InChI=1S/C15H24FNO2/c1-4-11(5-2)15(18)10-17-9-12-6-7-13(19-3)8-14(12)16/h6-8,11,15,17-18H,4-5,9-10H2,1-3H3. The molecule has 0 aromatic heterocycles. The summed E-state index contributed by atoms with van der Waals surface area (Å²) in [5, 5.41) is 13.1. The van der Waals surface area contributed by atoms with Gasteiger partial charge in [0.15, 0.2) is 0 Å². The number of nitrogens with one attached hydrogen (secondary N) is 1. The first-order valence-corrected chi connectivity index (χ1v) is 6.83. The van der Waals surface area contributed by atoms with Crippen molar-refractivity contribution in [2.45, 2.75) is 39.3 Å². The van der Waals surface area contributed by atoms with E-state index in [4.69, 9.17) is 4.74 Å². The van der Waals surface area contributed by atoms with Crippen LogP contribution in [0.5, 0.6) is 5.75 Å². The third kappa shape index (κ3) is 4.80. The summed E-state index contributed by atoms with van der Waals surface area (Å²) < 4.78 is 18.6. The van der Waals surface area contributed by atoms with Gasteiger partial charge in [-0.2, -0.15) is 0 Å². The van der Waals surface area contributed by atoms with E-state index in [1.54, 1.807) is 12.1 Å². The summed E-state index contributed by atoms with van der Waals surface area (Å²) in [6.07, 6.45) is 1.53. The lowest BCUT2D eigenvalue weighted by Crippen LogP contribution is -2.32. The fraction of sp³-hybridized carbons (Fsp3) is 0.600. The molecule has 1 atom stereocenters. The smallest absolute Gasteiger partial charge is 0.131 e. The summed E-state index contributed by atoms with van der Waals surface area (Å²) in [6.45, 7) is 5.03. The van der Waals surface area contributed by atoms with Crippen LogP contribution in [0.4, 0.5) is 4.39 Å². The van der Waals surface area contributed by atoms with Crippen molar-refractivity contribution >= 4 is 0 Å². The van der Waals surface area contributed by atoms with Gasteiger partial charge in [0.25, 0.3) is 0 Å². The van der Waals surface area contributed by atoms with Crippen molar-refractivity contribution in [1.29, 1.82) is 0 Å². The van der Waals surface area contributed by atoms with Crippen molar-refractivity contribution in [3.63, 3.8) is 0 Å². The fourth-order valence-electron chi connectivity index (χ4n) is 2.15. The van der Waals surface area contributed by atoms with Gasteiger partial charge in [0.1, 0.15) is 11.6 Å². The summed E-state index contributed by atoms with van der Waals surface area (Å²) >= 11 is 0. The number of aliphatic hydroxyl groups excluding tert-OH is 1. The average molecular weight is 269 g/mol. The topological polar surface area (TPSA) is 41.5 Å². The second kappa shape index (κ2) is 8.12. The van der Waals surface area contributed by atoms with Gasteiger partial charge in [-0.3, -0.25) is 0 Å². The summed E-state index contributed by atoms with van der Waals surface area (Å²) in [5.41, 5.74) is 0.581. The second-order valence-electron chi connectivity index (χ2n) is 4.73. The van der Waals surface area contributed by atoms with Crippen LogP contribution >= 0.6 is 0 Å². The average Bonchev–Trinajstić information content (AvgIpc) is 2.42. The van der Waals surface area contributed by atoms with Crippen LogP contribution < -0.4 is 10.1 Å². The van der Waals surface area contributed by atoms with Crippen LogP contribution in [-0.2, 0) is 6.54 Å².